The van der Waals surface area contributed by atoms with Gasteiger partial charge in [0.15, 0.2) is 0 Å². The summed E-state index contributed by atoms with van der Waals surface area (Å²) >= 11 is 0. The van der Waals surface area contributed by atoms with Crippen LogP contribution in [0.15, 0.2) is 109 Å². The first-order valence-corrected chi connectivity index (χ1v) is 15.4. The van der Waals surface area contributed by atoms with Crippen LogP contribution in [0.5, 0.6) is 0 Å². The van der Waals surface area contributed by atoms with Crippen molar-refractivity contribution < 1.29 is 28.8 Å². The van der Waals surface area contributed by atoms with Gasteiger partial charge in [0.25, 0.3) is 23.6 Å². The molecule has 236 valence electrons. The van der Waals surface area contributed by atoms with Crippen molar-refractivity contribution in [3.63, 3.8) is 0 Å². The number of rotatable bonds is 12. The maximum absolute atomic E-state index is 13.5. The summed E-state index contributed by atoms with van der Waals surface area (Å²) in [7, 11) is 0. The van der Waals surface area contributed by atoms with Gasteiger partial charge in [-0.3, -0.25) is 38.6 Å². The summed E-state index contributed by atoms with van der Waals surface area (Å²) in [6, 6.07) is 28.7. The number of nitrogens with zero attached hydrogens (tertiary/aromatic N) is 2. The number of benzene rings is 4. The Bertz CT molecular complexity index is 1790. The molecule has 0 bridgehead atoms. The van der Waals surface area contributed by atoms with Crippen molar-refractivity contribution in [2.75, 3.05) is 13.1 Å². The highest BCUT2D eigenvalue weighted by molar-refractivity contribution is 6.23. The van der Waals surface area contributed by atoms with Crippen LogP contribution in [0, 0.1) is 0 Å². The Labute approximate surface area is 271 Å². The third-order valence-corrected chi connectivity index (χ3v) is 8.36. The van der Waals surface area contributed by atoms with Crippen molar-refractivity contribution in [2.24, 2.45) is 0 Å². The molecule has 0 saturated carbocycles. The lowest BCUT2D eigenvalue weighted by Crippen LogP contribution is -2.51. The average Bonchev–Trinajstić information content (AvgIpc) is 3.50. The highest BCUT2D eigenvalue weighted by Gasteiger charge is 2.44. The number of hydrogen-bond donors (Lipinski definition) is 2. The number of fused-ring (bicyclic) bond motifs is 2. The molecular weight excluding hydrogens is 596 g/mol. The minimum atomic E-state index is -1.15. The zero-order valence-corrected chi connectivity index (χ0v) is 25.4. The van der Waals surface area contributed by atoms with Crippen molar-refractivity contribution in [3.8, 4) is 0 Å². The number of hydrogen-bond acceptors (Lipinski definition) is 6. The van der Waals surface area contributed by atoms with Gasteiger partial charge >= 0.3 is 0 Å². The van der Waals surface area contributed by atoms with E-state index in [2.05, 4.69) is 10.6 Å². The van der Waals surface area contributed by atoms with E-state index in [1.54, 1.807) is 78.9 Å². The van der Waals surface area contributed by atoms with E-state index in [1.165, 1.54) is 0 Å². The standard InChI is InChI=1S/C37H32N4O6/c42-32(30(23-24-13-3-1-4-14-24)40-34(44)26-17-7-8-18-27(26)35(40)45)38-21-11-12-22-39-33(43)31(25-15-5-2-6-16-25)41-36(46)28-19-9-10-20-29(28)37(41)47/h1-10,13-20,30-31H,11-12,21-23H2,(H,38,42)(H,39,43)/t30-,31-/m0/s1. The molecule has 2 atom stereocenters. The number of unbranched alkanes of at least 4 members (excludes halogenated alkanes) is 1. The Hall–Kier alpha value is -5.90. The minimum absolute atomic E-state index is 0.160. The summed E-state index contributed by atoms with van der Waals surface area (Å²) in [6.45, 7) is 0.469. The molecule has 47 heavy (non-hydrogen) atoms. The van der Waals surface area contributed by atoms with Crippen LogP contribution in [0.25, 0.3) is 0 Å². The van der Waals surface area contributed by atoms with Crippen molar-refractivity contribution >= 4 is 35.4 Å². The molecule has 10 nitrogen and oxygen atoms in total. The lowest BCUT2D eigenvalue weighted by Gasteiger charge is -2.26. The summed E-state index contributed by atoms with van der Waals surface area (Å²) in [6.07, 6.45) is 1.12. The quantitative estimate of drug-likeness (QED) is 0.180. The Morgan fingerprint density at radius 2 is 0.915 bits per heavy atom. The van der Waals surface area contributed by atoms with Gasteiger partial charge in [-0.25, -0.2) is 0 Å². The van der Waals surface area contributed by atoms with Gasteiger partial charge < -0.3 is 10.6 Å². The molecular formula is C37H32N4O6. The second-order valence-corrected chi connectivity index (χ2v) is 11.4. The van der Waals surface area contributed by atoms with Crippen LogP contribution >= 0.6 is 0 Å². The van der Waals surface area contributed by atoms with Gasteiger partial charge in [-0.2, -0.15) is 0 Å². The monoisotopic (exact) mass is 628 g/mol. The van der Waals surface area contributed by atoms with Gasteiger partial charge in [-0.15, -0.1) is 0 Å². The Kier molecular flexibility index (Phi) is 9.01. The van der Waals surface area contributed by atoms with Crippen LogP contribution < -0.4 is 10.6 Å². The normalized spacial score (nSPS) is 14.9. The number of nitrogens with one attached hydrogen (secondary N) is 2. The predicted molar refractivity (Wildman–Crippen MR) is 172 cm³/mol. The van der Waals surface area contributed by atoms with Crippen molar-refractivity contribution in [1.29, 1.82) is 0 Å². The fourth-order valence-electron chi connectivity index (χ4n) is 6.01. The van der Waals surface area contributed by atoms with Crippen LogP contribution in [0.3, 0.4) is 0 Å². The molecule has 4 aromatic rings. The second-order valence-electron chi connectivity index (χ2n) is 11.4. The van der Waals surface area contributed by atoms with Gasteiger partial charge in [0.2, 0.25) is 11.8 Å². The topological polar surface area (TPSA) is 133 Å². The van der Waals surface area contributed by atoms with E-state index in [0.717, 1.165) is 15.4 Å². The first kappa shape index (κ1) is 31.1. The Morgan fingerprint density at radius 3 is 1.40 bits per heavy atom. The smallest absolute Gasteiger partial charge is 0.262 e. The minimum Gasteiger partial charge on any atom is -0.354 e. The van der Waals surface area contributed by atoms with E-state index in [-0.39, 0.29) is 41.8 Å². The van der Waals surface area contributed by atoms with Gasteiger partial charge in [0.05, 0.1) is 22.3 Å². The molecule has 6 rings (SSSR count). The molecule has 0 aliphatic carbocycles. The fraction of sp³-hybridized carbons (Fsp3) is 0.189. The number of carbonyl (C=O) groups excluding carboxylic acids is 6. The van der Waals surface area contributed by atoms with Gasteiger partial charge in [-0.05, 0) is 48.2 Å². The Balaban J connectivity index is 1.07. The van der Waals surface area contributed by atoms with Crippen LogP contribution in [0.1, 0.15) is 71.4 Å². The zero-order chi connectivity index (χ0) is 32.9. The summed E-state index contributed by atoms with van der Waals surface area (Å²) in [4.78, 5) is 81.9. The van der Waals surface area contributed by atoms with Crippen molar-refractivity contribution in [3.05, 3.63) is 143 Å². The molecule has 2 aliphatic rings. The van der Waals surface area contributed by atoms with E-state index in [4.69, 9.17) is 0 Å². The van der Waals surface area contributed by atoms with Crippen LogP contribution in [0.2, 0.25) is 0 Å². The van der Waals surface area contributed by atoms with E-state index >= 15 is 0 Å². The Morgan fingerprint density at radius 1 is 0.511 bits per heavy atom. The molecule has 4 aromatic carbocycles. The molecule has 0 spiro atoms. The van der Waals surface area contributed by atoms with Crippen molar-refractivity contribution in [2.45, 2.75) is 31.3 Å². The largest absolute Gasteiger partial charge is 0.354 e. The molecule has 0 radical (unpaired) electrons. The van der Waals surface area contributed by atoms with Crippen LogP contribution in [-0.2, 0) is 16.0 Å². The van der Waals surface area contributed by atoms with Gasteiger partial charge in [0, 0.05) is 19.5 Å². The first-order valence-electron chi connectivity index (χ1n) is 15.4. The third kappa shape index (κ3) is 6.17. The molecule has 2 aliphatic heterocycles. The molecule has 2 heterocycles. The predicted octanol–water partition coefficient (Wildman–Crippen LogP) is 3.94. The van der Waals surface area contributed by atoms with E-state index < -0.39 is 47.5 Å². The molecule has 0 fully saturated rings. The SMILES string of the molecule is O=C(NCCCCNC(=O)[C@H](Cc1ccccc1)N1C(=O)c2ccccc2C1=O)[C@H](c1ccccc1)N1C(=O)c2ccccc2C1=O. The molecule has 0 saturated heterocycles. The van der Waals surface area contributed by atoms with Gasteiger partial charge in [0.1, 0.15) is 12.1 Å². The van der Waals surface area contributed by atoms with Crippen LogP contribution in [-0.4, -0.2) is 64.4 Å². The number of carbonyl (C=O) groups is 6. The van der Waals surface area contributed by atoms with Crippen molar-refractivity contribution in [1.82, 2.24) is 20.4 Å². The molecule has 2 N–H and O–H groups in total. The highest BCUT2D eigenvalue weighted by atomic mass is 16.2. The first-order chi connectivity index (χ1) is 22.9. The lowest BCUT2D eigenvalue weighted by molar-refractivity contribution is -0.126. The third-order valence-electron chi connectivity index (χ3n) is 8.36. The van der Waals surface area contributed by atoms with Gasteiger partial charge in [-0.1, -0.05) is 84.9 Å². The average molecular weight is 629 g/mol. The summed E-state index contributed by atoms with van der Waals surface area (Å²) in [5.41, 5.74) is 2.37. The molecule has 0 aromatic heterocycles. The van der Waals surface area contributed by atoms with Crippen LogP contribution in [0.4, 0.5) is 0 Å². The second kappa shape index (κ2) is 13.6. The maximum atomic E-state index is 13.5. The zero-order valence-electron chi connectivity index (χ0n) is 25.4. The van der Waals surface area contributed by atoms with E-state index in [9.17, 15) is 28.8 Å². The maximum Gasteiger partial charge on any atom is 0.262 e. The molecule has 6 amide bonds. The molecule has 0 unspecified atom stereocenters. The number of imide groups is 2. The highest BCUT2D eigenvalue weighted by Crippen LogP contribution is 2.32. The lowest BCUT2D eigenvalue weighted by atomic mass is 10.0. The fourth-order valence-corrected chi connectivity index (χ4v) is 6.01. The molecule has 10 heteroatoms. The van der Waals surface area contributed by atoms with E-state index in [0.29, 0.717) is 18.4 Å². The van der Waals surface area contributed by atoms with E-state index in [1.807, 2.05) is 30.3 Å². The summed E-state index contributed by atoms with van der Waals surface area (Å²) < 4.78 is 0. The summed E-state index contributed by atoms with van der Waals surface area (Å²) in [5, 5.41) is 5.70. The number of amides is 6. The summed E-state index contributed by atoms with van der Waals surface area (Å²) in [5.74, 6) is -3.02.